The predicted octanol–water partition coefficient (Wildman–Crippen LogP) is 5.01. The zero-order chi connectivity index (χ0) is 23.5. The molecule has 0 saturated heterocycles. The topological polar surface area (TPSA) is 105 Å². The van der Waals surface area contributed by atoms with Gasteiger partial charge in [0.2, 0.25) is 5.91 Å². The first-order chi connectivity index (χ1) is 15.9. The molecular weight excluding hydrogens is 488 g/mol. The molecule has 0 bridgehead atoms. The molecule has 2 amide bonds. The molecule has 1 atom stereocenters. The van der Waals surface area contributed by atoms with E-state index in [9.17, 15) is 19.5 Å². The van der Waals surface area contributed by atoms with Crippen LogP contribution in [0.2, 0.25) is 0 Å². The second-order valence-corrected chi connectivity index (χ2v) is 8.50. The predicted molar refractivity (Wildman–Crippen MR) is 127 cm³/mol. The summed E-state index contributed by atoms with van der Waals surface area (Å²) in [7, 11) is 0. The molecule has 3 aromatic carbocycles. The molecule has 1 aliphatic carbocycles. The lowest BCUT2D eigenvalue weighted by atomic mass is 9.98. The van der Waals surface area contributed by atoms with Crippen molar-refractivity contribution < 1.29 is 24.2 Å². The molecule has 3 N–H and O–H groups in total. The largest absolute Gasteiger partial charge is 0.478 e. The van der Waals surface area contributed by atoms with E-state index in [1.807, 2.05) is 48.5 Å². The molecule has 8 heteroatoms. The minimum Gasteiger partial charge on any atom is -0.478 e. The van der Waals surface area contributed by atoms with Gasteiger partial charge in [-0.15, -0.1) is 0 Å². The van der Waals surface area contributed by atoms with Gasteiger partial charge in [-0.3, -0.25) is 4.79 Å². The van der Waals surface area contributed by atoms with Crippen LogP contribution in [0.4, 0.5) is 10.5 Å². The van der Waals surface area contributed by atoms with Gasteiger partial charge in [0.05, 0.1) is 11.3 Å². The van der Waals surface area contributed by atoms with E-state index in [-0.39, 0.29) is 23.8 Å². The fraction of sp³-hybridized carbons (Fsp3) is 0.160. The highest BCUT2D eigenvalue weighted by Crippen LogP contribution is 2.44. The Kier molecular flexibility index (Phi) is 6.46. The summed E-state index contributed by atoms with van der Waals surface area (Å²) < 4.78 is 5.88. The standard InChI is InChI=1S/C25H21BrN2O5/c1-14(23(29)28-22-19(24(30)31)11-6-12-21(22)26)27-25(32)33-13-20-17-9-4-2-7-15(17)16-8-3-5-10-18(16)20/h2-12,14,20H,13H2,1H3,(H,27,32)(H,28,29)(H,30,31)/t14-/m0/s1. The van der Waals surface area contributed by atoms with E-state index in [1.165, 1.54) is 13.0 Å². The molecule has 4 rings (SSSR count). The number of hydrogen-bond acceptors (Lipinski definition) is 4. The van der Waals surface area contributed by atoms with Crippen LogP contribution in [0.3, 0.4) is 0 Å². The van der Waals surface area contributed by atoms with Crippen LogP contribution in [0.1, 0.15) is 34.3 Å². The number of carboxylic acids is 1. The number of aromatic carboxylic acids is 1. The average Bonchev–Trinajstić information content (AvgIpc) is 3.12. The Morgan fingerprint density at radius 3 is 2.18 bits per heavy atom. The number of carboxylic acid groups (broad SMARTS) is 1. The van der Waals surface area contributed by atoms with Gasteiger partial charge in [0, 0.05) is 10.4 Å². The number of anilines is 1. The van der Waals surface area contributed by atoms with Crippen molar-refractivity contribution in [2.45, 2.75) is 18.9 Å². The highest BCUT2D eigenvalue weighted by molar-refractivity contribution is 9.10. The van der Waals surface area contributed by atoms with E-state index >= 15 is 0 Å². The average molecular weight is 509 g/mol. The Hall–Kier alpha value is -3.65. The first-order valence-corrected chi connectivity index (χ1v) is 11.1. The zero-order valence-electron chi connectivity index (χ0n) is 17.7. The summed E-state index contributed by atoms with van der Waals surface area (Å²) in [6, 6.07) is 19.6. The third-order valence-electron chi connectivity index (χ3n) is 5.56. The molecule has 1 aliphatic rings. The molecule has 0 unspecified atom stereocenters. The van der Waals surface area contributed by atoms with Crippen molar-refractivity contribution in [1.82, 2.24) is 5.32 Å². The molecule has 0 radical (unpaired) electrons. The van der Waals surface area contributed by atoms with Gasteiger partial charge in [-0.25, -0.2) is 9.59 Å². The minimum absolute atomic E-state index is 0.0638. The van der Waals surface area contributed by atoms with E-state index in [0.29, 0.717) is 4.47 Å². The van der Waals surface area contributed by atoms with Crippen LogP contribution >= 0.6 is 15.9 Å². The van der Waals surface area contributed by atoms with Crippen LogP contribution < -0.4 is 10.6 Å². The molecule has 0 spiro atoms. The van der Waals surface area contributed by atoms with Crippen LogP contribution in [0, 0.1) is 0 Å². The van der Waals surface area contributed by atoms with Gasteiger partial charge in [-0.05, 0) is 57.2 Å². The molecular formula is C25H21BrN2O5. The van der Waals surface area contributed by atoms with Gasteiger partial charge in [0.1, 0.15) is 12.6 Å². The summed E-state index contributed by atoms with van der Waals surface area (Å²) in [4.78, 5) is 36.4. The molecule has 7 nitrogen and oxygen atoms in total. The molecule has 0 heterocycles. The van der Waals surface area contributed by atoms with Crippen LogP contribution in [0.5, 0.6) is 0 Å². The lowest BCUT2D eigenvalue weighted by molar-refractivity contribution is -0.117. The number of carbonyl (C=O) groups excluding carboxylic acids is 2. The highest BCUT2D eigenvalue weighted by Gasteiger charge is 2.29. The quantitative estimate of drug-likeness (QED) is 0.433. The molecule has 0 aliphatic heterocycles. The number of rotatable bonds is 6. The Morgan fingerprint density at radius 2 is 1.58 bits per heavy atom. The maximum Gasteiger partial charge on any atom is 0.407 e. The van der Waals surface area contributed by atoms with Crippen molar-refractivity contribution in [3.8, 4) is 11.1 Å². The highest BCUT2D eigenvalue weighted by atomic mass is 79.9. The smallest absolute Gasteiger partial charge is 0.407 e. The van der Waals surface area contributed by atoms with E-state index in [1.54, 1.807) is 12.1 Å². The normalized spacial score (nSPS) is 12.9. The van der Waals surface area contributed by atoms with E-state index in [0.717, 1.165) is 22.3 Å². The van der Waals surface area contributed by atoms with Crippen molar-refractivity contribution >= 4 is 39.6 Å². The number of amides is 2. The number of ether oxygens (including phenoxy) is 1. The number of nitrogens with one attached hydrogen (secondary N) is 2. The van der Waals surface area contributed by atoms with Gasteiger partial charge >= 0.3 is 12.1 Å². The molecule has 33 heavy (non-hydrogen) atoms. The molecule has 3 aromatic rings. The fourth-order valence-corrected chi connectivity index (χ4v) is 4.41. The summed E-state index contributed by atoms with van der Waals surface area (Å²) in [6.07, 6.45) is -0.731. The molecule has 168 valence electrons. The third-order valence-corrected chi connectivity index (χ3v) is 6.22. The van der Waals surface area contributed by atoms with E-state index in [2.05, 4.69) is 26.6 Å². The van der Waals surface area contributed by atoms with Gasteiger partial charge in [-0.1, -0.05) is 54.6 Å². The maximum atomic E-state index is 12.6. The number of para-hydroxylation sites is 1. The second kappa shape index (κ2) is 9.46. The van der Waals surface area contributed by atoms with Crippen molar-refractivity contribution in [1.29, 1.82) is 0 Å². The minimum atomic E-state index is -1.18. The Morgan fingerprint density at radius 1 is 0.970 bits per heavy atom. The second-order valence-electron chi connectivity index (χ2n) is 7.65. The Bertz CT molecular complexity index is 1200. The van der Waals surface area contributed by atoms with E-state index in [4.69, 9.17) is 4.74 Å². The number of benzene rings is 3. The van der Waals surface area contributed by atoms with Crippen molar-refractivity contribution in [2.24, 2.45) is 0 Å². The Labute approximate surface area is 198 Å². The maximum absolute atomic E-state index is 12.6. The number of alkyl carbamates (subject to hydrolysis) is 1. The van der Waals surface area contributed by atoms with Crippen LogP contribution in [-0.2, 0) is 9.53 Å². The molecule has 0 aromatic heterocycles. The van der Waals surface area contributed by atoms with Crippen molar-refractivity contribution in [2.75, 3.05) is 11.9 Å². The first kappa shape index (κ1) is 22.5. The lowest BCUT2D eigenvalue weighted by Gasteiger charge is -2.18. The van der Waals surface area contributed by atoms with Gasteiger partial charge in [0.15, 0.2) is 0 Å². The zero-order valence-corrected chi connectivity index (χ0v) is 19.3. The monoisotopic (exact) mass is 508 g/mol. The third kappa shape index (κ3) is 4.61. The fourth-order valence-electron chi connectivity index (χ4n) is 3.94. The summed E-state index contributed by atoms with van der Waals surface area (Å²) >= 11 is 3.24. The number of fused-ring (bicyclic) bond motifs is 3. The molecule has 0 fully saturated rings. The van der Waals surface area contributed by atoms with Gasteiger partial charge < -0.3 is 20.5 Å². The van der Waals surface area contributed by atoms with E-state index < -0.39 is 24.0 Å². The number of carbonyl (C=O) groups is 3. The van der Waals surface area contributed by atoms with Gasteiger partial charge in [-0.2, -0.15) is 0 Å². The first-order valence-electron chi connectivity index (χ1n) is 10.3. The van der Waals surface area contributed by atoms with Crippen molar-refractivity contribution in [3.05, 3.63) is 87.9 Å². The molecule has 0 saturated carbocycles. The Balaban J connectivity index is 1.39. The summed E-state index contributed by atoms with van der Waals surface area (Å²) in [6.45, 7) is 1.62. The SMILES string of the molecule is C[C@H](NC(=O)OCC1c2ccccc2-c2ccccc21)C(=O)Nc1c(Br)cccc1C(=O)O. The lowest BCUT2D eigenvalue weighted by Crippen LogP contribution is -2.42. The summed E-state index contributed by atoms with van der Waals surface area (Å²) in [5.74, 6) is -1.84. The van der Waals surface area contributed by atoms with Gasteiger partial charge in [0.25, 0.3) is 0 Å². The van der Waals surface area contributed by atoms with Crippen molar-refractivity contribution in [3.63, 3.8) is 0 Å². The number of halogens is 1. The summed E-state index contributed by atoms with van der Waals surface area (Å²) in [5, 5.41) is 14.4. The van der Waals surface area contributed by atoms with Crippen LogP contribution in [-0.4, -0.2) is 35.7 Å². The summed E-state index contributed by atoms with van der Waals surface area (Å²) in [5.41, 5.74) is 4.48. The van der Waals surface area contributed by atoms with Crippen LogP contribution in [0.15, 0.2) is 71.2 Å². The number of hydrogen-bond donors (Lipinski definition) is 3. The van der Waals surface area contributed by atoms with Crippen LogP contribution in [0.25, 0.3) is 11.1 Å².